The number of nitrogens with zero attached hydrogens (tertiary/aromatic N) is 3. The number of likely N-dealkylation sites (tertiary alicyclic amines) is 1. The molecule has 4 aliphatic rings. The normalized spacial score (nSPS) is 31.4. The SMILES string of the molecule is CC(C)c1cc(C(=O)N2CC(c3cccc(O)c3)C3C2C2CCN3CC2)n[nH]1. The third-order valence-corrected chi connectivity index (χ3v) is 6.99. The van der Waals surface area contributed by atoms with E-state index in [9.17, 15) is 9.90 Å². The Morgan fingerprint density at radius 2 is 2.00 bits per heavy atom. The van der Waals surface area contributed by atoms with Gasteiger partial charge < -0.3 is 10.0 Å². The Hall–Kier alpha value is -2.34. The van der Waals surface area contributed by atoms with E-state index >= 15 is 0 Å². The number of hydrogen-bond donors (Lipinski definition) is 2. The van der Waals surface area contributed by atoms with Crippen molar-refractivity contribution in [1.29, 1.82) is 0 Å². The summed E-state index contributed by atoms with van der Waals surface area (Å²) in [6.45, 7) is 7.11. The Labute approximate surface area is 165 Å². The second-order valence-corrected chi connectivity index (χ2v) is 8.88. The van der Waals surface area contributed by atoms with Crippen LogP contribution in [0, 0.1) is 5.92 Å². The van der Waals surface area contributed by atoms with Gasteiger partial charge in [0, 0.05) is 24.2 Å². The molecule has 3 unspecified atom stereocenters. The van der Waals surface area contributed by atoms with Gasteiger partial charge in [-0.1, -0.05) is 26.0 Å². The molecule has 148 valence electrons. The van der Waals surface area contributed by atoms with E-state index in [2.05, 4.69) is 39.9 Å². The molecule has 1 aromatic carbocycles. The molecule has 6 rings (SSSR count). The number of phenolic OH excluding ortho intramolecular Hbond substituents is 1. The molecule has 2 aromatic rings. The summed E-state index contributed by atoms with van der Waals surface area (Å²) < 4.78 is 0. The maximum Gasteiger partial charge on any atom is 0.274 e. The van der Waals surface area contributed by atoms with Crippen LogP contribution < -0.4 is 0 Å². The standard InChI is InChI=1S/C22H28N4O2/c1-13(2)18-11-19(24-23-18)22(28)26-12-17(15-4-3-5-16(27)10-15)21-20(26)14-6-8-25(21)9-7-14/h3-5,10-11,13-14,17,20-21,27H,6-9,12H2,1-2H3,(H,23,24). The molecule has 3 atom stereocenters. The summed E-state index contributed by atoms with van der Waals surface area (Å²) in [6, 6.07) is 10.1. The number of aromatic amines is 1. The van der Waals surface area contributed by atoms with E-state index in [0.717, 1.165) is 37.2 Å². The third-order valence-electron chi connectivity index (χ3n) is 6.99. The Morgan fingerprint density at radius 3 is 2.68 bits per heavy atom. The van der Waals surface area contributed by atoms with E-state index in [1.807, 2.05) is 18.2 Å². The lowest BCUT2D eigenvalue weighted by molar-refractivity contribution is -0.00359. The van der Waals surface area contributed by atoms with Crippen molar-refractivity contribution in [3.63, 3.8) is 0 Å². The summed E-state index contributed by atoms with van der Waals surface area (Å²) in [6.07, 6.45) is 2.32. The lowest BCUT2D eigenvalue weighted by Crippen LogP contribution is -2.60. The number of rotatable bonds is 3. The van der Waals surface area contributed by atoms with Gasteiger partial charge in [-0.2, -0.15) is 5.10 Å². The first-order valence-electron chi connectivity index (χ1n) is 10.4. The molecule has 5 heterocycles. The first-order chi connectivity index (χ1) is 13.5. The smallest absolute Gasteiger partial charge is 0.274 e. The highest BCUT2D eigenvalue weighted by Gasteiger charge is 2.54. The van der Waals surface area contributed by atoms with E-state index < -0.39 is 0 Å². The number of H-pyrrole nitrogens is 1. The van der Waals surface area contributed by atoms with Crippen LogP contribution in [0.15, 0.2) is 30.3 Å². The molecule has 0 spiro atoms. The first-order valence-corrected chi connectivity index (χ1v) is 10.4. The van der Waals surface area contributed by atoms with Gasteiger partial charge in [0.15, 0.2) is 0 Å². The highest BCUT2D eigenvalue weighted by molar-refractivity contribution is 5.93. The van der Waals surface area contributed by atoms with Gasteiger partial charge in [0.25, 0.3) is 5.91 Å². The molecule has 1 aromatic heterocycles. The molecule has 2 N–H and O–H groups in total. The molecule has 0 saturated carbocycles. The van der Waals surface area contributed by atoms with Crippen LogP contribution in [0.25, 0.3) is 0 Å². The van der Waals surface area contributed by atoms with Crippen LogP contribution in [0.4, 0.5) is 0 Å². The molecule has 4 aliphatic heterocycles. The van der Waals surface area contributed by atoms with Crippen LogP contribution in [-0.2, 0) is 0 Å². The number of aromatic nitrogens is 2. The summed E-state index contributed by atoms with van der Waals surface area (Å²) in [4.78, 5) is 18.1. The minimum absolute atomic E-state index is 0.0366. The summed E-state index contributed by atoms with van der Waals surface area (Å²) in [7, 11) is 0. The van der Waals surface area contributed by atoms with Crippen LogP contribution in [0.3, 0.4) is 0 Å². The Morgan fingerprint density at radius 1 is 1.21 bits per heavy atom. The molecule has 2 bridgehead atoms. The van der Waals surface area contributed by atoms with Crippen LogP contribution in [-0.4, -0.2) is 62.7 Å². The predicted molar refractivity (Wildman–Crippen MR) is 106 cm³/mol. The van der Waals surface area contributed by atoms with E-state index in [0.29, 0.717) is 35.9 Å². The van der Waals surface area contributed by atoms with Crippen molar-refractivity contribution >= 4 is 5.91 Å². The molecule has 6 nitrogen and oxygen atoms in total. The van der Waals surface area contributed by atoms with Crippen LogP contribution in [0.5, 0.6) is 5.75 Å². The molecule has 6 heteroatoms. The fourth-order valence-corrected chi connectivity index (χ4v) is 5.59. The van der Waals surface area contributed by atoms with Crippen molar-refractivity contribution in [1.82, 2.24) is 20.0 Å². The summed E-state index contributed by atoms with van der Waals surface area (Å²) in [5.74, 6) is 1.44. The van der Waals surface area contributed by atoms with Crippen molar-refractivity contribution in [2.24, 2.45) is 5.92 Å². The van der Waals surface area contributed by atoms with Gasteiger partial charge in [0.2, 0.25) is 0 Å². The zero-order valence-electron chi connectivity index (χ0n) is 16.5. The van der Waals surface area contributed by atoms with Gasteiger partial charge in [-0.3, -0.25) is 14.8 Å². The number of fused-ring (bicyclic) bond motifs is 2. The summed E-state index contributed by atoms with van der Waals surface area (Å²) in [5.41, 5.74) is 2.65. The minimum Gasteiger partial charge on any atom is -0.508 e. The zero-order valence-corrected chi connectivity index (χ0v) is 16.5. The van der Waals surface area contributed by atoms with E-state index in [1.165, 1.54) is 0 Å². The van der Waals surface area contributed by atoms with E-state index in [-0.39, 0.29) is 17.9 Å². The summed E-state index contributed by atoms with van der Waals surface area (Å²) >= 11 is 0. The van der Waals surface area contributed by atoms with E-state index in [4.69, 9.17) is 0 Å². The van der Waals surface area contributed by atoms with E-state index in [1.54, 1.807) is 6.07 Å². The second kappa shape index (κ2) is 6.62. The van der Waals surface area contributed by atoms with Gasteiger partial charge in [0.1, 0.15) is 11.4 Å². The van der Waals surface area contributed by atoms with Crippen molar-refractivity contribution in [2.75, 3.05) is 19.6 Å². The highest BCUT2D eigenvalue weighted by atomic mass is 16.3. The van der Waals surface area contributed by atoms with Gasteiger partial charge in [-0.05, 0) is 61.5 Å². The Kier molecular flexibility index (Phi) is 4.19. The van der Waals surface area contributed by atoms with Crippen molar-refractivity contribution in [3.8, 4) is 5.75 Å². The monoisotopic (exact) mass is 380 g/mol. The van der Waals surface area contributed by atoms with Gasteiger partial charge in [-0.15, -0.1) is 0 Å². The third kappa shape index (κ3) is 2.73. The molecule has 4 saturated heterocycles. The number of phenols is 1. The van der Waals surface area contributed by atoms with Gasteiger partial charge >= 0.3 is 0 Å². The molecule has 1 amide bonds. The largest absolute Gasteiger partial charge is 0.508 e. The number of aromatic hydroxyl groups is 1. The number of carbonyl (C=O) groups is 1. The fourth-order valence-electron chi connectivity index (χ4n) is 5.59. The molecule has 4 fully saturated rings. The molecule has 28 heavy (non-hydrogen) atoms. The Bertz CT molecular complexity index is 884. The number of benzene rings is 1. The quantitative estimate of drug-likeness (QED) is 0.859. The number of nitrogens with one attached hydrogen (secondary N) is 1. The lowest BCUT2D eigenvalue weighted by atomic mass is 9.75. The first kappa shape index (κ1) is 17.7. The molecule has 0 aliphatic carbocycles. The number of amides is 1. The predicted octanol–water partition coefficient (Wildman–Crippen LogP) is 2.94. The fraction of sp³-hybridized carbons (Fsp3) is 0.545. The van der Waals surface area contributed by atoms with Gasteiger partial charge in [0.05, 0.1) is 6.04 Å². The van der Waals surface area contributed by atoms with Crippen LogP contribution >= 0.6 is 0 Å². The summed E-state index contributed by atoms with van der Waals surface area (Å²) in [5, 5.41) is 17.3. The Balaban J connectivity index is 1.50. The maximum absolute atomic E-state index is 13.4. The number of piperidine rings is 3. The topological polar surface area (TPSA) is 72.5 Å². The molecule has 0 radical (unpaired) electrons. The minimum atomic E-state index is 0.0366. The van der Waals surface area contributed by atoms with Crippen LogP contribution in [0.2, 0.25) is 0 Å². The average Bonchev–Trinajstić information content (AvgIpc) is 3.35. The zero-order chi connectivity index (χ0) is 19.4. The molecular formula is C22H28N4O2. The maximum atomic E-state index is 13.4. The van der Waals surface area contributed by atoms with Crippen molar-refractivity contribution in [3.05, 3.63) is 47.3 Å². The molecular weight excluding hydrogens is 352 g/mol. The highest BCUT2D eigenvalue weighted by Crippen LogP contribution is 2.47. The number of carbonyl (C=O) groups excluding carboxylic acids is 1. The van der Waals surface area contributed by atoms with Crippen molar-refractivity contribution in [2.45, 2.75) is 50.6 Å². The second-order valence-electron chi connectivity index (χ2n) is 8.88. The average molecular weight is 380 g/mol. The van der Waals surface area contributed by atoms with Crippen molar-refractivity contribution < 1.29 is 9.90 Å². The lowest BCUT2D eigenvalue weighted by Gasteiger charge is -2.51. The number of hydrogen-bond acceptors (Lipinski definition) is 4. The van der Waals surface area contributed by atoms with Crippen LogP contribution in [0.1, 0.15) is 60.3 Å². The van der Waals surface area contributed by atoms with Gasteiger partial charge in [-0.25, -0.2) is 0 Å².